The molecular weight excluding hydrogens is 510 g/mol. The summed E-state index contributed by atoms with van der Waals surface area (Å²) in [6.45, 7) is 22.9. The first-order valence-electron chi connectivity index (χ1n) is 16.2. The number of allylic oxidation sites excluding steroid dienone is 4. The Hall–Kier alpha value is -2.06. The fourth-order valence-electron chi connectivity index (χ4n) is 11.0. The molecule has 0 radical (unpaired) electrons. The van der Waals surface area contributed by atoms with Gasteiger partial charge in [0, 0.05) is 36.0 Å². The van der Waals surface area contributed by atoms with Crippen LogP contribution in [-0.2, 0) is 19.1 Å². The molecule has 0 aromatic carbocycles. The Labute approximate surface area is 246 Å². The summed E-state index contributed by atoms with van der Waals surface area (Å²) >= 11 is 0. The minimum atomic E-state index is -0.456. The molecule has 0 aromatic rings. The first kappa shape index (κ1) is 29.0. The Morgan fingerprint density at radius 1 is 1.02 bits per heavy atom. The molecule has 1 aliphatic heterocycles. The number of rotatable bonds is 5. The predicted octanol–water partition coefficient (Wildman–Crippen LogP) is 7.55. The molecule has 1 saturated heterocycles. The molecule has 0 N–H and O–H groups in total. The second-order valence-corrected chi connectivity index (χ2v) is 16.4. The third kappa shape index (κ3) is 4.13. The molecule has 4 fully saturated rings. The van der Waals surface area contributed by atoms with Crippen LogP contribution in [0, 0.1) is 63.2 Å². The monoisotopic (exact) mass is 559 g/mol. The Bertz CT molecular complexity index is 1280. The van der Waals surface area contributed by atoms with Crippen molar-refractivity contribution in [1.82, 2.24) is 0 Å². The molecule has 0 aromatic heterocycles. The van der Waals surface area contributed by atoms with E-state index in [-0.39, 0.29) is 62.6 Å². The van der Waals surface area contributed by atoms with Gasteiger partial charge in [0.2, 0.25) is 5.70 Å². The topological polar surface area (TPSA) is 64.8 Å². The normalized spacial score (nSPS) is 45.1. The van der Waals surface area contributed by atoms with Gasteiger partial charge in [-0.25, -0.2) is 4.85 Å². The summed E-state index contributed by atoms with van der Waals surface area (Å²) in [5, 5.41) is 0. The van der Waals surface area contributed by atoms with E-state index >= 15 is 0 Å². The average Bonchev–Trinajstić information content (AvgIpc) is 2.89. The zero-order valence-corrected chi connectivity index (χ0v) is 26.1. The van der Waals surface area contributed by atoms with Crippen molar-refractivity contribution in [3.05, 3.63) is 34.8 Å². The van der Waals surface area contributed by atoms with E-state index in [9.17, 15) is 14.4 Å². The summed E-state index contributed by atoms with van der Waals surface area (Å²) in [4.78, 5) is 44.2. The summed E-state index contributed by atoms with van der Waals surface area (Å²) < 4.78 is 5.31. The van der Waals surface area contributed by atoms with E-state index in [1.54, 1.807) is 0 Å². The van der Waals surface area contributed by atoms with Crippen LogP contribution < -0.4 is 0 Å². The smallest absolute Gasteiger partial charge is 0.226 e. The first-order valence-corrected chi connectivity index (χ1v) is 16.2. The largest absolute Gasteiger partial charge is 0.381 e. The minimum absolute atomic E-state index is 0.0378. The van der Waals surface area contributed by atoms with Gasteiger partial charge in [0.1, 0.15) is 5.78 Å². The molecule has 5 heteroatoms. The SMILES string of the molecule is [C-]#[N+]C1=C[C@]2(C)C3=CC(=O)[C@@H]4[C@@H]5CC(C)(C)CC[C@]5(CCC(=O)CC5COC5)CC[C@@]4(C)[C@]3(C)CC[C@H]2[C@H](C)C1=O. The number of ketones is 3. The number of hydrogen-bond acceptors (Lipinski definition) is 4. The molecule has 0 bridgehead atoms. The van der Waals surface area contributed by atoms with Crippen molar-refractivity contribution in [1.29, 1.82) is 0 Å². The molecule has 1 heterocycles. The molecule has 222 valence electrons. The Morgan fingerprint density at radius 3 is 2.39 bits per heavy atom. The van der Waals surface area contributed by atoms with Crippen molar-refractivity contribution in [3.8, 4) is 0 Å². The van der Waals surface area contributed by atoms with E-state index in [4.69, 9.17) is 11.3 Å². The highest BCUT2D eigenvalue weighted by Crippen LogP contribution is 2.74. The van der Waals surface area contributed by atoms with Gasteiger partial charge in [-0.3, -0.25) is 9.59 Å². The summed E-state index contributed by atoms with van der Waals surface area (Å²) in [5.74, 6) is 1.12. The lowest BCUT2D eigenvalue weighted by molar-refractivity contribution is -0.171. The average molecular weight is 560 g/mol. The summed E-state index contributed by atoms with van der Waals surface area (Å²) in [5.41, 5.74) is 0.833. The van der Waals surface area contributed by atoms with Gasteiger partial charge in [0.15, 0.2) is 11.6 Å². The minimum Gasteiger partial charge on any atom is -0.381 e. The molecule has 5 aliphatic carbocycles. The number of ether oxygens (including phenoxy) is 1. The van der Waals surface area contributed by atoms with E-state index in [1.165, 1.54) is 5.57 Å². The molecule has 0 unspecified atom stereocenters. The van der Waals surface area contributed by atoms with E-state index in [0.29, 0.717) is 24.5 Å². The molecule has 3 saturated carbocycles. The summed E-state index contributed by atoms with van der Waals surface area (Å²) in [7, 11) is 0. The third-order valence-electron chi connectivity index (χ3n) is 13.8. The Morgan fingerprint density at radius 2 is 1.73 bits per heavy atom. The maximum atomic E-state index is 14.6. The number of fused-ring (bicyclic) bond motifs is 7. The van der Waals surface area contributed by atoms with Crippen molar-refractivity contribution < 1.29 is 19.1 Å². The Balaban J connectivity index is 1.39. The van der Waals surface area contributed by atoms with Crippen LogP contribution >= 0.6 is 0 Å². The standard InChI is InChI=1S/C36H49NO4/c1-22-25-9-10-34(5)29(33(25,4)19-27(37-7)31(22)40)17-28(39)30-26-18-32(2,3)12-14-36(26,15-13-35(30,34)6)11-8-24(38)16-23-20-41-21-23/h17,19,22-23,25-26,30H,8-16,18,20-21H2,1-6H3/t22-,25-,26-,30-,33-,34+,35+,36+/m0/s1. The highest BCUT2D eigenvalue weighted by molar-refractivity contribution is 6.01. The number of carbonyl (C=O) groups is 3. The van der Waals surface area contributed by atoms with Gasteiger partial charge < -0.3 is 9.53 Å². The van der Waals surface area contributed by atoms with Gasteiger partial charge in [-0.2, -0.15) is 0 Å². The van der Waals surface area contributed by atoms with Gasteiger partial charge in [0.05, 0.1) is 19.8 Å². The van der Waals surface area contributed by atoms with Crippen LogP contribution in [-0.4, -0.2) is 30.6 Å². The first-order chi connectivity index (χ1) is 19.2. The van der Waals surface area contributed by atoms with Gasteiger partial charge >= 0.3 is 0 Å². The molecule has 0 spiro atoms. The van der Waals surface area contributed by atoms with Crippen LogP contribution in [0.1, 0.15) is 106 Å². The molecule has 6 aliphatic rings. The van der Waals surface area contributed by atoms with E-state index in [1.807, 2.05) is 19.1 Å². The third-order valence-corrected chi connectivity index (χ3v) is 13.8. The van der Waals surface area contributed by atoms with E-state index < -0.39 is 5.41 Å². The summed E-state index contributed by atoms with van der Waals surface area (Å²) in [6, 6.07) is 0. The van der Waals surface area contributed by atoms with Crippen molar-refractivity contribution in [3.63, 3.8) is 0 Å². The van der Waals surface area contributed by atoms with E-state index in [2.05, 4.69) is 39.5 Å². The molecule has 0 amide bonds. The lowest BCUT2D eigenvalue weighted by Gasteiger charge is -2.69. The van der Waals surface area contributed by atoms with Gasteiger partial charge in [-0.05, 0) is 90.9 Å². The quantitative estimate of drug-likeness (QED) is 0.326. The lowest BCUT2D eigenvalue weighted by atomic mass is 9.34. The van der Waals surface area contributed by atoms with Crippen molar-refractivity contribution >= 4 is 17.3 Å². The van der Waals surface area contributed by atoms with Crippen LogP contribution in [0.5, 0.6) is 0 Å². The number of hydrogen-bond donors (Lipinski definition) is 0. The van der Waals surface area contributed by atoms with Gasteiger partial charge in [-0.1, -0.05) is 53.2 Å². The van der Waals surface area contributed by atoms with Crippen molar-refractivity contribution in [2.75, 3.05) is 13.2 Å². The molecule has 6 rings (SSSR count). The zero-order valence-electron chi connectivity index (χ0n) is 26.1. The van der Waals surface area contributed by atoms with Crippen LogP contribution in [0.25, 0.3) is 4.85 Å². The van der Waals surface area contributed by atoms with Crippen molar-refractivity contribution in [2.45, 2.75) is 106 Å². The highest BCUT2D eigenvalue weighted by atomic mass is 16.5. The lowest BCUT2D eigenvalue weighted by Crippen LogP contribution is -2.64. The van der Waals surface area contributed by atoms with Crippen molar-refractivity contribution in [2.24, 2.45) is 56.7 Å². The second-order valence-electron chi connectivity index (χ2n) is 16.4. The number of nitrogens with zero attached hydrogens (tertiary/aromatic N) is 1. The van der Waals surface area contributed by atoms with Crippen LogP contribution in [0.2, 0.25) is 0 Å². The van der Waals surface area contributed by atoms with Gasteiger partial charge in [-0.15, -0.1) is 0 Å². The predicted molar refractivity (Wildman–Crippen MR) is 158 cm³/mol. The van der Waals surface area contributed by atoms with Crippen LogP contribution in [0.4, 0.5) is 0 Å². The van der Waals surface area contributed by atoms with Crippen LogP contribution in [0.15, 0.2) is 23.4 Å². The fourth-order valence-corrected chi connectivity index (χ4v) is 11.0. The van der Waals surface area contributed by atoms with Crippen LogP contribution in [0.3, 0.4) is 0 Å². The molecule has 41 heavy (non-hydrogen) atoms. The second kappa shape index (κ2) is 9.47. The molecular formula is C36H49NO4. The maximum absolute atomic E-state index is 14.6. The highest BCUT2D eigenvalue weighted by Gasteiger charge is 2.68. The Kier molecular flexibility index (Phi) is 6.71. The van der Waals surface area contributed by atoms with E-state index in [0.717, 1.165) is 64.6 Å². The fraction of sp³-hybridized carbons (Fsp3) is 0.778. The number of Topliss-reactive ketones (excluding diaryl/α,β-unsaturated/α-hetero) is 2. The maximum Gasteiger partial charge on any atom is 0.226 e. The molecule has 5 nitrogen and oxygen atoms in total. The number of carbonyl (C=O) groups excluding carboxylic acids is 3. The molecule has 8 atom stereocenters. The zero-order chi connectivity index (χ0) is 29.6. The van der Waals surface area contributed by atoms with Gasteiger partial charge in [0.25, 0.3) is 0 Å². The summed E-state index contributed by atoms with van der Waals surface area (Å²) in [6.07, 6.45) is 13.4.